The highest BCUT2D eigenvalue weighted by Gasteiger charge is 2.31. The first-order valence-corrected chi connectivity index (χ1v) is 7.61. The van der Waals surface area contributed by atoms with E-state index in [4.69, 9.17) is 17.0 Å². The molecule has 1 amide bonds. The minimum absolute atomic E-state index is 0.171. The maximum atomic E-state index is 12.1. The summed E-state index contributed by atoms with van der Waals surface area (Å²) < 4.78 is 5.36. The predicted octanol–water partition coefficient (Wildman–Crippen LogP) is 3.04. The summed E-state index contributed by atoms with van der Waals surface area (Å²) in [6, 6.07) is 8.06. The quantitative estimate of drug-likeness (QED) is 0.618. The van der Waals surface area contributed by atoms with Crippen LogP contribution in [0.15, 0.2) is 30.0 Å². The van der Waals surface area contributed by atoms with Crippen LogP contribution < -0.4 is 4.90 Å². The van der Waals surface area contributed by atoms with Crippen LogP contribution in [-0.2, 0) is 9.53 Å². The van der Waals surface area contributed by atoms with Crippen molar-refractivity contribution >= 4 is 35.1 Å². The van der Waals surface area contributed by atoms with Crippen molar-refractivity contribution in [2.24, 2.45) is 0 Å². The van der Waals surface area contributed by atoms with Gasteiger partial charge in [0.1, 0.15) is 0 Å². The molecule has 1 saturated heterocycles. The molecule has 1 aliphatic rings. The van der Waals surface area contributed by atoms with Crippen molar-refractivity contribution in [1.29, 1.82) is 0 Å². The molecule has 0 aliphatic carbocycles. The molecule has 1 fully saturated rings. The summed E-state index contributed by atoms with van der Waals surface area (Å²) >= 11 is 5.03. The second kappa shape index (κ2) is 6.72. The molecule has 0 bridgehead atoms. The van der Waals surface area contributed by atoms with E-state index in [2.05, 4.69) is 30.9 Å². The highest BCUT2D eigenvalue weighted by molar-refractivity contribution is 7.80. The third kappa shape index (κ3) is 3.24. The number of hydrogen-bond acceptors (Lipinski definition) is 4. The zero-order valence-corrected chi connectivity index (χ0v) is 13.4. The summed E-state index contributed by atoms with van der Waals surface area (Å²) in [5.74, 6) is 0.118. The molecular weight excluding hydrogens is 284 g/mol. The molecule has 0 spiro atoms. The van der Waals surface area contributed by atoms with Gasteiger partial charge in [-0.1, -0.05) is 12.1 Å². The van der Waals surface area contributed by atoms with E-state index in [1.165, 1.54) is 10.6 Å². The fourth-order valence-corrected chi connectivity index (χ4v) is 2.60. The number of benzene rings is 1. The standard InChI is InChI=1S/C16H20N2O2S/c1-4-17(5-2)13-9-7-12(8-10-13)11-14-15(19)18(6-3)16(21)20-14/h7-11H,4-6H2,1-3H3/b14-11+. The number of hydrogen-bond donors (Lipinski definition) is 0. The van der Waals surface area contributed by atoms with Crippen LogP contribution in [0.1, 0.15) is 26.3 Å². The summed E-state index contributed by atoms with van der Waals surface area (Å²) in [4.78, 5) is 15.8. The Labute approximate surface area is 131 Å². The summed E-state index contributed by atoms with van der Waals surface area (Å²) in [6.07, 6.45) is 1.73. The van der Waals surface area contributed by atoms with Gasteiger partial charge in [-0.25, -0.2) is 0 Å². The summed E-state index contributed by atoms with van der Waals surface area (Å²) in [7, 11) is 0. The first-order chi connectivity index (χ1) is 10.1. The van der Waals surface area contributed by atoms with Gasteiger partial charge >= 0.3 is 0 Å². The van der Waals surface area contributed by atoms with Crippen LogP contribution in [0.3, 0.4) is 0 Å². The van der Waals surface area contributed by atoms with Crippen molar-refractivity contribution in [3.05, 3.63) is 35.6 Å². The van der Waals surface area contributed by atoms with E-state index in [9.17, 15) is 4.79 Å². The lowest BCUT2D eigenvalue weighted by molar-refractivity contribution is -0.122. The molecule has 4 nitrogen and oxygen atoms in total. The van der Waals surface area contributed by atoms with Crippen molar-refractivity contribution in [2.75, 3.05) is 24.5 Å². The molecule has 1 aliphatic heterocycles. The Morgan fingerprint density at radius 1 is 1.19 bits per heavy atom. The fourth-order valence-electron chi connectivity index (χ4n) is 2.29. The number of likely N-dealkylation sites (N-methyl/N-ethyl adjacent to an activating group) is 1. The lowest BCUT2D eigenvalue weighted by Crippen LogP contribution is -2.27. The Morgan fingerprint density at radius 3 is 2.29 bits per heavy atom. The van der Waals surface area contributed by atoms with Crippen LogP contribution in [0, 0.1) is 0 Å². The topological polar surface area (TPSA) is 32.8 Å². The molecule has 0 saturated carbocycles. The zero-order chi connectivity index (χ0) is 15.4. The molecular formula is C16H20N2O2S. The number of amides is 1. The van der Waals surface area contributed by atoms with Crippen molar-refractivity contribution in [3.63, 3.8) is 0 Å². The highest BCUT2D eigenvalue weighted by atomic mass is 32.1. The van der Waals surface area contributed by atoms with Crippen molar-refractivity contribution < 1.29 is 9.53 Å². The van der Waals surface area contributed by atoms with E-state index in [-0.39, 0.29) is 16.8 Å². The minimum atomic E-state index is -0.171. The first kappa shape index (κ1) is 15.5. The number of anilines is 1. The number of rotatable bonds is 5. The molecule has 0 aromatic heterocycles. The monoisotopic (exact) mass is 304 g/mol. The van der Waals surface area contributed by atoms with Crippen LogP contribution in [0.25, 0.3) is 6.08 Å². The molecule has 112 valence electrons. The second-order valence-electron chi connectivity index (χ2n) is 4.69. The SMILES string of the molecule is CCN1C(=O)/C(=C\c2ccc(N(CC)CC)cc2)OC1=S. The molecule has 2 rings (SSSR count). The molecule has 1 aromatic carbocycles. The molecule has 0 N–H and O–H groups in total. The van der Waals surface area contributed by atoms with E-state index >= 15 is 0 Å². The number of nitrogens with zero attached hydrogens (tertiary/aromatic N) is 2. The van der Waals surface area contributed by atoms with Gasteiger partial charge in [-0.05, 0) is 56.8 Å². The lowest BCUT2D eigenvalue weighted by Gasteiger charge is -2.20. The predicted molar refractivity (Wildman–Crippen MR) is 89.1 cm³/mol. The van der Waals surface area contributed by atoms with Gasteiger partial charge in [-0.3, -0.25) is 9.69 Å². The Hall–Kier alpha value is -1.88. The van der Waals surface area contributed by atoms with Gasteiger partial charge in [0.05, 0.1) is 0 Å². The van der Waals surface area contributed by atoms with Crippen molar-refractivity contribution in [3.8, 4) is 0 Å². The zero-order valence-electron chi connectivity index (χ0n) is 12.6. The summed E-state index contributed by atoms with van der Waals surface area (Å²) in [6.45, 7) is 8.59. The average molecular weight is 304 g/mol. The molecule has 1 heterocycles. The number of ether oxygens (including phenoxy) is 1. The third-order valence-electron chi connectivity index (χ3n) is 3.51. The second-order valence-corrected chi connectivity index (χ2v) is 5.04. The number of carbonyl (C=O) groups is 1. The van der Waals surface area contributed by atoms with Crippen molar-refractivity contribution in [2.45, 2.75) is 20.8 Å². The molecule has 1 aromatic rings. The van der Waals surface area contributed by atoms with E-state index in [1.807, 2.05) is 19.1 Å². The van der Waals surface area contributed by atoms with Gasteiger partial charge in [-0.2, -0.15) is 0 Å². The molecule has 21 heavy (non-hydrogen) atoms. The van der Waals surface area contributed by atoms with E-state index < -0.39 is 0 Å². The molecule has 0 atom stereocenters. The van der Waals surface area contributed by atoms with E-state index in [1.54, 1.807) is 6.08 Å². The van der Waals surface area contributed by atoms with Crippen LogP contribution in [0.2, 0.25) is 0 Å². The third-order valence-corrected chi connectivity index (χ3v) is 3.81. The maximum Gasteiger partial charge on any atom is 0.297 e. The van der Waals surface area contributed by atoms with Crippen LogP contribution in [0.5, 0.6) is 0 Å². The Kier molecular flexibility index (Phi) is 4.96. The van der Waals surface area contributed by atoms with Crippen molar-refractivity contribution in [1.82, 2.24) is 4.90 Å². The van der Waals surface area contributed by atoms with Crippen LogP contribution in [-0.4, -0.2) is 35.6 Å². The number of thiocarbonyl (C=S) groups is 1. The Bertz CT molecular complexity index is 562. The summed E-state index contributed by atoms with van der Waals surface area (Å²) in [5, 5.41) is 0.230. The van der Waals surface area contributed by atoms with Crippen LogP contribution in [0.4, 0.5) is 5.69 Å². The Balaban J connectivity index is 2.19. The maximum absolute atomic E-state index is 12.1. The molecule has 0 unspecified atom stereocenters. The molecule has 0 radical (unpaired) electrons. The summed E-state index contributed by atoms with van der Waals surface area (Å²) in [5.41, 5.74) is 2.10. The van der Waals surface area contributed by atoms with Gasteiger partial charge in [0.2, 0.25) is 0 Å². The Morgan fingerprint density at radius 2 is 1.81 bits per heavy atom. The van der Waals surface area contributed by atoms with Crippen LogP contribution >= 0.6 is 12.2 Å². The lowest BCUT2D eigenvalue weighted by atomic mass is 10.1. The minimum Gasteiger partial charge on any atom is -0.426 e. The van der Waals surface area contributed by atoms with E-state index in [0.29, 0.717) is 6.54 Å². The highest BCUT2D eigenvalue weighted by Crippen LogP contribution is 2.21. The van der Waals surface area contributed by atoms with Gasteiger partial charge in [0, 0.05) is 25.3 Å². The van der Waals surface area contributed by atoms with Gasteiger partial charge in [-0.15, -0.1) is 0 Å². The first-order valence-electron chi connectivity index (χ1n) is 7.21. The largest absolute Gasteiger partial charge is 0.426 e. The number of carbonyl (C=O) groups excluding carboxylic acids is 1. The van der Waals surface area contributed by atoms with E-state index in [0.717, 1.165) is 18.7 Å². The molecule has 5 heteroatoms. The van der Waals surface area contributed by atoms with Gasteiger partial charge < -0.3 is 9.64 Å². The smallest absolute Gasteiger partial charge is 0.297 e. The van der Waals surface area contributed by atoms with Gasteiger partial charge in [0.15, 0.2) is 5.76 Å². The fraction of sp³-hybridized carbons (Fsp3) is 0.375. The average Bonchev–Trinajstić information content (AvgIpc) is 2.76. The van der Waals surface area contributed by atoms with Gasteiger partial charge in [0.25, 0.3) is 11.1 Å². The normalized spacial score (nSPS) is 16.5.